The van der Waals surface area contributed by atoms with E-state index >= 15 is 0 Å². The molecule has 1 N–H and O–H groups in total. The molecule has 0 aromatic carbocycles. The molecule has 6 atom stereocenters. The standard InChI is InChI=1S/C19H27N3O2/c1-21-8-6-20-18(21)17(23)13-3-2-7-22(10-13)19(24)16-14-11-4-5-12(9-11)15(14)16/h6,8,11-17,23H,2-5,7,9-10H2,1H3. The Hall–Kier alpha value is -1.36. The van der Waals surface area contributed by atoms with Crippen molar-refractivity contribution in [2.24, 2.45) is 42.6 Å². The van der Waals surface area contributed by atoms with Crippen molar-refractivity contribution in [2.45, 2.75) is 38.2 Å². The van der Waals surface area contributed by atoms with Gasteiger partial charge in [0, 0.05) is 44.4 Å². The van der Waals surface area contributed by atoms with Crippen molar-refractivity contribution in [1.29, 1.82) is 0 Å². The smallest absolute Gasteiger partial charge is 0.226 e. The molecule has 1 saturated heterocycles. The van der Waals surface area contributed by atoms with Gasteiger partial charge in [-0.1, -0.05) is 0 Å². The number of likely N-dealkylation sites (tertiary alicyclic amines) is 1. The van der Waals surface area contributed by atoms with Crippen LogP contribution in [-0.2, 0) is 11.8 Å². The van der Waals surface area contributed by atoms with E-state index in [4.69, 9.17) is 0 Å². The highest BCUT2D eigenvalue weighted by atomic mass is 16.3. The fourth-order valence-corrected chi connectivity index (χ4v) is 6.21. The van der Waals surface area contributed by atoms with Crippen molar-refractivity contribution in [2.75, 3.05) is 13.1 Å². The molecule has 0 radical (unpaired) electrons. The van der Waals surface area contributed by atoms with Crippen LogP contribution < -0.4 is 0 Å². The van der Waals surface area contributed by atoms with E-state index in [2.05, 4.69) is 9.88 Å². The minimum Gasteiger partial charge on any atom is -0.385 e. The molecule has 1 aliphatic heterocycles. The lowest BCUT2D eigenvalue weighted by molar-refractivity contribution is -0.136. The third kappa shape index (κ3) is 2.10. The van der Waals surface area contributed by atoms with Crippen LogP contribution >= 0.6 is 0 Å². The number of aliphatic hydroxyl groups excluding tert-OH is 1. The first-order valence-corrected chi connectivity index (χ1v) is 9.59. The van der Waals surface area contributed by atoms with E-state index in [1.165, 1.54) is 19.3 Å². The van der Waals surface area contributed by atoms with E-state index in [-0.39, 0.29) is 5.92 Å². The Labute approximate surface area is 143 Å². The monoisotopic (exact) mass is 329 g/mol. The van der Waals surface area contributed by atoms with Crippen molar-refractivity contribution in [3.05, 3.63) is 18.2 Å². The Morgan fingerprint density at radius 3 is 2.71 bits per heavy atom. The van der Waals surface area contributed by atoms with Crippen LogP contribution in [0.25, 0.3) is 0 Å². The Kier molecular flexibility index (Phi) is 3.31. The molecule has 2 heterocycles. The van der Waals surface area contributed by atoms with Gasteiger partial charge in [-0.25, -0.2) is 4.98 Å². The minimum atomic E-state index is -0.574. The molecular formula is C19H27N3O2. The molecule has 130 valence electrons. The predicted molar refractivity (Wildman–Crippen MR) is 88.8 cm³/mol. The lowest BCUT2D eigenvalue weighted by Gasteiger charge is -2.35. The van der Waals surface area contributed by atoms with Gasteiger partial charge in [-0.2, -0.15) is 0 Å². The second-order valence-electron chi connectivity index (χ2n) is 8.54. The van der Waals surface area contributed by atoms with Crippen LogP contribution in [0.2, 0.25) is 0 Å². The maximum absolute atomic E-state index is 13.0. The second-order valence-corrected chi connectivity index (χ2v) is 8.54. The number of aryl methyl sites for hydroxylation is 1. The molecule has 5 nitrogen and oxygen atoms in total. The van der Waals surface area contributed by atoms with Crippen molar-refractivity contribution in [3.8, 4) is 0 Å². The summed E-state index contributed by atoms with van der Waals surface area (Å²) in [4.78, 5) is 19.4. The number of fused-ring (bicyclic) bond motifs is 5. The van der Waals surface area contributed by atoms with Gasteiger partial charge in [0.2, 0.25) is 5.91 Å². The van der Waals surface area contributed by atoms with Gasteiger partial charge in [-0.3, -0.25) is 4.79 Å². The first kappa shape index (κ1) is 14.9. The van der Waals surface area contributed by atoms with Crippen LogP contribution in [0.4, 0.5) is 0 Å². The number of piperidine rings is 1. The maximum Gasteiger partial charge on any atom is 0.226 e. The van der Waals surface area contributed by atoms with Crippen LogP contribution in [0.5, 0.6) is 0 Å². The van der Waals surface area contributed by atoms with E-state index in [0.29, 0.717) is 30.2 Å². The molecule has 5 rings (SSSR count). The van der Waals surface area contributed by atoms with Gasteiger partial charge in [0.25, 0.3) is 0 Å². The number of carbonyl (C=O) groups is 1. The molecule has 4 fully saturated rings. The van der Waals surface area contributed by atoms with E-state index in [1.807, 2.05) is 17.8 Å². The summed E-state index contributed by atoms with van der Waals surface area (Å²) >= 11 is 0. The predicted octanol–water partition coefficient (Wildman–Crippen LogP) is 1.98. The molecular weight excluding hydrogens is 302 g/mol. The molecule has 1 aromatic rings. The topological polar surface area (TPSA) is 58.4 Å². The zero-order chi connectivity index (χ0) is 16.4. The zero-order valence-corrected chi connectivity index (χ0v) is 14.3. The highest BCUT2D eigenvalue weighted by Gasteiger charge is 2.68. The number of carbonyl (C=O) groups excluding carboxylic acids is 1. The van der Waals surface area contributed by atoms with Crippen LogP contribution in [-0.4, -0.2) is 38.6 Å². The Morgan fingerprint density at radius 1 is 1.29 bits per heavy atom. The first-order valence-electron chi connectivity index (χ1n) is 9.59. The van der Waals surface area contributed by atoms with Crippen LogP contribution in [0.3, 0.4) is 0 Å². The highest BCUT2D eigenvalue weighted by Crippen LogP contribution is 2.69. The summed E-state index contributed by atoms with van der Waals surface area (Å²) < 4.78 is 1.88. The molecule has 2 bridgehead atoms. The summed E-state index contributed by atoms with van der Waals surface area (Å²) in [5, 5.41) is 10.7. The normalized spacial score (nSPS) is 41.3. The molecule has 5 heteroatoms. The number of rotatable bonds is 3. The number of imidazole rings is 1. The number of hydrogen-bond acceptors (Lipinski definition) is 3. The zero-order valence-electron chi connectivity index (χ0n) is 14.3. The van der Waals surface area contributed by atoms with E-state index in [1.54, 1.807) is 6.20 Å². The van der Waals surface area contributed by atoms with E-state index in [9.17, 15) is 9.90 Å². The molecule has 0 spiro atoms. The quantitative estimate of drug-likeness (QED) is 0.922. The van der Waals surface area contributed by atoms with Crippen molar-refractivity contribution in [1.82, 2.24) is 14.5 Å². The number of amides is 1. The fraction of sp³-hybridized carbons (Fsp3) is 0.789. The maximum atomic E-state index is 13.0. The number of nitrogens with zero attached hydrogens (tertiary/aromatic N) is 3. The van der Waals surface area contributed by atoms with Crippen LogP contribution in [0.15, 0.2) is 12.4 Å². The van der Waals surface area contributed by atoms with Crippen molar-refractivity contribution in [3.63, 3.8) is 0 Å². The lowest BCUT2D eigenvalue weighted by atomic mass is 9.91. The third-order valence-corrected chi connectivity index (χ3v) is 7.36. The average molecular weight is 329 g/mol. The molecule has 3 aliphatic carbocycles. The number of hydrogen-bond donors (Lipinski definition) is 1. The highest BCUT2D eigenvalue weighted by molar-refractivity contribution is 5.83. The Morgan fingerprint density at radius 2 is 2.04 bits per heavy atom. The fourth-order valence-electron chi connectivity index (χ4n) is 6.21. The Bertz CT molecular complexity index is 641. The summed E-state index contributed by atoms with van der Waals surface area (Å²) in [6.45, 7) is 1.56. The lowest BCUT2D eigenvalue weighted by Crippen LogP contribution is -2.43. The summed E-state index contributed by atoms with van der Waals surface area (Å²) in [7, 11) is 1.92. The molecule has 1 amide bonds. The number of aliphatic hydroxyl groups is 1. The number of aromatic nitrogens is 2. The molecule has 1 aromatic heterocycles. The van der Waals surface area contributed by atoms with Gasteiger partial charge in [0.05, 0.1) is 0 Å². The van der Waals surface area contributed by atoms with Crippen molar-refractivity contribution >= 4 is 5.91 Å². The SMILES string of the molecule is Cn1ccnc1C(O)C1CCCN(C(=O)C2C3C4CCC(C4)C23)C1. The first-order chi connectivity index (χ1) is 11.6. The largest absolute Gasteiger partial charge is 0.385 e. The van der Waals surface area contributed by atoms with Gasteiger partial charge in [-0.15, -0.1) is 0 Å². The summed E-state index contributed by atoms with van der Waals surface area (Å²) in [5.74, 6) is 4.63. The van der Waals surface area contributed by atoms with Gasteiger partial charge >= 0.3 is 0 Å². The van der Waals surface area contributed by atoms with Gasteiger partial charge < -0.3 is 14.6 Å². The summed E-state index contributed by atoms with van der Waals surface area (Å²) in [6.07, 6.45) is 9.09. The summed E-state index contributed by atoms with van der Waals surface area (Å²) in [6, 6.07) is 0. The second kappa shape index (κ2) is 5.32. The summed E-state index contributed by atoms with van der Waals surface area (Å²) in [5.41, 5.74) is 0. The third-order valence-electron chi connectivity index (χ3n) is 7.36. The van der Waals surface area contributed by atoms with Gasteiger partial charge in [0.15, 0.2) is 0 Å². The van der Waals surface area contributed by atoms with E-state index in [0.717, 1.165) is 37.0 Å². The van der Waals surface area contributed by atoms with Gasteiger partial charge in [0.1, 0.15) is 11.9 Å². The minimum absolute atomic E-state index is 0.110. The van der Waals surface area contributed by atoms with Crippen molar-refractivity contribution < 1.29 is 9.90 Å². The van der Waals surface area contributed by atoms with Gasteiger partial charge in [-0.05, 0) is 55.8 Å². The van der Waals surface area contributed by atoms with E-state index < -0.39 is 6.10 Å². The molecule has 3 saturated carbocycles. The molecule has 24 heavy (non-hydrogen) atoms. The molecule has 4 aliphatic rings. The molecule has 6 unspecified atom stereocenters. The van der Waals surface area contributed by atoms with Crippen LogP contribution in [0.1, 0.15) is 44.0 Å². The Balaban J connectivity index is 1.27. The van der Waals surface area contributed by atoms with Crippen LogP contribution in [0, 0.1) is 35.5 Å². The average Bonchev–Trinajstić information content (AvgIpc) is 2.93.